The molecule has 96 valence electrons. The number of rotatable bonds is 2. The van der Waals surface area contributed by atoms with Crippen molar-refractivity contribution >= 4 is 5.82 Å². The van der Waals surface area contributed by atoms with Gasteiger partial charge in [0.25, 0.3) is 0 Å². The van der Waals surface area contributed by atoms with Gasteiger partial charge in [0.1, 0.15) is 6.07 Å². The van der Waals surface area contributed by atoms with Gasteiger partial charge in [-0.15, -0.1) is 0 Å². The smallest absolute Gasteiger partial charge is 0.365 e. The fraction of sp³-hybridized carbons (Fsp3) is 0.500. The number of alkyl halides is 3. The summed E-state index contributed by atoms with van der Waals surface area (Å²) in [6, 6.07) is 1.79. The van der Waals surface area contributed by atoms with Crippen LogP contribution in [-0.2, 0) is 4.74 Å². The molecule has 1 saturated heterocycles. The number of halogens is 3. The maximum atomic E-state index is 12.8. The summed E-state index contributed by atoms with van der Waals surface area (Å²) in [6.45, 7) is -0.777. The lowest BCUT2D eigenvalue weighted by Crippen LogP contribution is -2.70. The lowest BCUT2D eigenvalue weighted by atomic mass is 9.93. The molecule has 1 fully saturated rings. The van der Waals surface area contributed by atoms with E-state index in [1.165, 1.54) is 17.3 Å². The van der Waals surface area contributed by atoms with Gasteiger partial charge in [0.05, 0.1) is 13.1 Å². The summed E-state index contributed by atoms with van der Waals surface area (Å²) in [6.07, 6.45) is -1.81. The SMILES string of the molecule is COC1(C(F)(F)F)CN(c2nccnc2C#N)C1. The number of anilines is 1. The summed E-state index contributed by atoms with van der Waals surface area (Å²) in [5.41, 5.74) is -2.18. The third-order valence-corrected chi connectivity index (χ3v) is 2.88. The molecule has 0 unspecified atom stereocenters. The first-order chi connectivity index (χ1) is 8.43. The first kappa shape index (κ1) is 12.6. The summed E-state index contributed by atoms with van der Waals surface area (Å²) in [7, 11) is 1.02. The van der Waals surface area contributed by atoms with E-state index in [-0.39, 0.29) is 24.6 Å². The zero-order valence-corrected chi connectivity index (χ0v) is 9.40. The van der Waals surface area contributed by atoms with E-state index in [2.05, 4.69) is 14.7 Å². The molecule has 1 aromatic rings. The number of methoxy groups -OCH3 is 1. The molecule has 0 aromatic carbocycles. The second-order valence-electron chi connectivity index (χ2n) is 3.89. The fourth-order valence-corrected chi connectivity index (χ4v) is 1.79. The molecule has 8 heteroatoms. The number of nitrogens with zero attached hydrogens (tertiary/aromatic N) is 4. The Morgan fingerprint density at radius 3 is 2.50 bits per heavy atom. The Kier molecular flexibility index (Phi) is 2.86. The number of nitriles is 1. The predicted octanol–water partition coefficient (Wildman–Crippen LogP) is 1.12. The van der Waals surface area contributed by atoms with Gasteiger partial charge in [0.2, 0.25) is 0 Å². The Morgan fingerprint density at radius 1 is 1.39 bits per heavy atom. The van der Waals surface area contributed by atoms with Crippen LogP contribution in [0.1, 0.15) is 5.69 Å². The summed E-state index contributed by atoms with van der Waals surface area (Å²) >= 11 is 0. The highest BCUT2D eigenvalue weighted by Crippen LogP contribution is 2.42. The van der Waals surface area contributed by atoms with Gasteiger partial charge in [0, 0.05) is 19.5 Å². The van der Waals surface area contributed by atoms with Crippen molar-refractivity contribution in [1.82, 2.24) is 9.97 Å². The standard InChI is InChI=1S/C10H9F3N4O/c1-18-9(10(11,12)13)5-17(6-9)8-7(4-14)15-2-3-16-8/h2-3H,5-6H2,1H3. The monoisotopic (exact) mass is 258 g/mol. The van der Waals surface area contributed by atoms with Crippen LogP contribution in [-0.4, -0.2) is 41.9 Å². The van der Waals surface area contributed by atoms with E-state index in [0.717, 1.165) is 7.11 Å². The van der Waals surface area contributed by atoms with Crippen LogP contribution in [0.2, 0.25) is 0 Å². The first-order valence-electron chi connectivity index (χ1n) is 5.01. The molecule has 0 spiro atoms. The number of hydrogen-bond acceptors (Lipinski definition) is 5. The van der Waals surface area contributed by atoms with Crippen molar-refractivity contribution in [2.45, 2.75) is 11.8 Å². The van der Waals surface area contributed by atoms with E-state index in [9.17, 15) is 13.2 Å². The van der Waals surface area contributed by atoms with Crippen LogP contribution in [0.15, 0.2) is 12.4 Å². The van der Waals surface area contributed by atoms with Gasteiger partial charge in [-0.25, -0.2) is 9.97 Å². The fourth-order valence-electron chi connectivity index (χ4n) is 1.79. The van der Waals surface area contributed by atoms with Crippen molar-refractivity contribution < 1.29 is 17.9 Å². The lowest BCUT2D eigenvalue weighted by molar-refractivity contribution is -0.277. The van der Waals surface area contributed by atoms with Crippen LogP contribution >= 0.6 is 0 Å². The van der Waals surface area contributed by atoms with E-state index in [1.807, 2.05) is 0 Å². The largest absolute Gasteiger partial charge is 0.420 e. The molecule has 2 heterocycles. The first-order valence-corrected chi connectivity index (χ1v) is 5.01. The van der Waals surface area contributed by atoms with Gasteiger partial charge >= 0.3 is 6.18 Å². The highest BCUT2D eigenvalue weighted by atomic mass is 19.4. The van der Waals surface area contributed by atoms with Crippen LogP contribution < -0.4 is 4.90 Å². The van der Waals surface area contributed by atoms with Crippen molar-refractivity contribution in [3.8, 4) is 6.07 Å². The van der Waals surface area contributed by atoms with Gasteiger partial charge < -0.3 is 9.64 Å². The van der Waals surface area contributed by atoms with Gasteiger partial charge in [-0.3, -0.25) is 0 Å². The Morgan fingerprint density at radius 2 is 2.00 bits per heavy atom. The molecule has 0 amide bonds. The third-order valence-electron chi connectivity index (χ3n) is 2.88. The average molecular weight is 258 g/mol. The molecule has 2 rings (SSSR count). The summed E-state index contributed by atoms with van der Waals surface area (Å²) in [5.74, 6) is 0.150. The predicted molar refractivity (Wildman–Crippen MR) is 54.8 cm³/mol. The maximum absolute atomic E-state index is 12.8. The molecule has 0 N–H and O–H groups in total. The molecular weight excluding hydrogens is 249 g/mol. The molecule has 0 bridgehead atoms. The van der Waals surface area contributed by atoms with Gasteiger partial charge in [-0.1, -0.05) is 0 Å². The number of hydrogen-bond donors (Lipinski definition) is 0. The molecule has 0 atom stereocenters. The highest BCUT2D eigenvalue weighted by Gasteiger charge is 2.63. The van der Waals surface area contributed by atoms with Crippen molar-refractivity contribution in [3.63, 3.8) is 0 Å². The van der Waals surface area contributed by atoms with Crippen molar-refractivity contribution in [2.24, 2.45) is 0 Å². The van der Waals surface area contributed by atoms with Gasteiger partial charge in [-0.05, 0) is 0 Å². The van der Waals surface area contributed by atoms with Crippen molar-refractivity contribution in [1.29, 1.82) is 5.26 Å². The molecule has 5 nitrogen and oxygen atoms in total. The Bertz CT molecular complexity index is 491. The zero-order valence-electron chi connectivity index (χ0n) is 9.40. The summed E-state index contributed by atoms with van der Waals surface area (Å²) in [5, 5.41) is 8.80. The minimum Gasteiger partial charge on any atom is -0.365 e. The zero-order chi connectivity index (χ0) is 13.4. The molecule has 1 aliphatic rings. The molecule has 0 radical (unpaired) electrons. The topological polar surface area (TPSA) is 62.0 Å². The number of aromatic nitrogens is 2. The van der Waals surface area contributed by atoms with Crippen LogP contribution in [0, 0.1) is 11.3 Å². The molecule has 1 aliphatic heterocycles. The van der Waals surface area contributed by atoms with Crippen LogP contribution in [0.3, 0.4) is 0 Å². The summed E-state index contributed by atoms with van der Waals surface area (Å²) < 4.78 is 42.9. The third kappa shape index (κ3) is 1.76. The molecule has 0 aliphatic carbocycles. The van der Waals surface area contributed by atoms with Crippen LogP contribution in [0.5, 0.6) is 0 Å². The van der Waals surface area contributed by atoms with Gasteiger partial charge in [-0.2, -0.15) is 18.4 Å². The van der Waals surface area contributed by atoms with Crippen LogP contribution in [0.4, 0.5) is 19.0 Å². The van der Waals surface area contributed by atoms with E-state index in [1.54, 1.807) is 6.07 Å². The molecule has 1 aromatic heterocycles. The van der Waals surface area contributed by atoms with E-state index < -0.39 is 11.8 Å². The minimum absolute atomic E-state index is 0.00405. The highest BCUT2D eigenvalue weighted by molar-refractivity contribution is 5.53. The van der Waals surface area contributed by atoms with E-state index in [4.69, 9.17) is 5.26 Å². The average Bonchev–Trinajstić information content (AvgIpc) is 2.27. The van der Waals surface area contributed by atoms with Crippen molar-refractivity contribution in [3.05, 3.63) is 18.1 Å². The quantitative estimate of drug-likeness (QED) is 0.795. The Labute approximate surface area is 101 Å². The van der Waals surface area contributed by atoms with Crippen LogP contribution in [0.25, 0.3) is 0 Å². The van der Waals surface area contributed by atoms with E-state index in [0.29, 0.717) is 0 Å². The molecule has 0 saturated carbocycles. The molecular formula is C10H9F3N4O. The summed E-state index contributed by atoms with van der Waals surface area (Å²) in [4.78, 5) is 8.94. The van der Waals surface area contributed by atoms with Gasteiger partial charge in [0.15, 0.2) is 17.1 Å². The lowest BCUT2D eigenvalue weighted by Gasteiger charge is -2.49. The Hall–Kier alpha value is -1.88. The second kappa shape index (κ2) is 4.10. The molecule has 18 heavy (non-hydrogen) atoms. The maximum Gasteiger partial charge on any atom is 0.420 e. The number of ether oxygens (including phenoxy) is 1. The second-order valence-corrected chi connectivity index (χ2v) is 3.89. The Balaban J connectivity index is 2.21. The van der Waals surface area contributed by atoms with E-state index >= 15 is 0 Å². The normalized spacial score (nSPS) is 18.1. The van der Waals surface area contributed by atoms with Crippen molar-refractivity contribution in [2.75, 3.05) is 25.1 Å². The minimum atomic E-state index is -4.45.